The monoisotopic (exact) mass is 295 g/mol. The second-order valence-corrected chi connectivity index (χ2v) is 4.92. The highest BCUT2D eigenvalue weighted by atomic mass is 16.4. The first kappa shape index (κ1) is 13.9. The Kier molecular flexibility index (Phi) is 3.42. The van der Waals surface area contributed by atoms with Crippen molar-refractivity contribution < 1.29 is 14.7 Å². The Morgan fingerprint density at radius 3 is 2.32 bits per heavy atom. The number of para-hydroxylation sites is 3. The number of carbonyl (C=O) groups is 2. The lowest BCUT2D eigenvalue weighted by atomic mass is 10.1. The molecule has 1 unspecified atom stereocenters. The summed E-state index contributed by atoms with van der Waals surface area (Å²) in [4.78, 5) is 32.1. The topological polar surface area (TPSA) is 92.2 Å². The highest BCUT2D eigenvalue weighted by Gasteiger charge is 2.18. The van der Waals surface area contributed by atoms with Gasteiger partial charge in [-0.2, -0.15) is 0 Å². The number of hydrogen-bond acceptors (Lipinski definition) is 4. The van der Waals surface area contributed by atoms with Crippen molar-refractivity contribution in [3.8, 4) is 0 Å². The number of rotatable bonds is 3. The molecule has 1 heterocycles. The number of carboxylic acid groups (broad SMARTS) is 1. The molecule has 1 amide bonds. The summed E-state index contributed by atoms with van der Waals surface area (Å²) in [7, 11) is 0. The number of benzene rings is 2. The smallest absolute Gasteiger partial charge is 0.325 e. The van der Waals surface area contributed by atoms with E-state index >= 15 is 0 Å². The number of amides is 1. The largest absolute Gasteiger partial charge is 0.480 e. The zero-order chi connectivity index (χ0) is 15.7. The number of aromatic nitrogens is 2. The van der Waals surface area contributed by atoms with Crippen LogP contribution in [-0.2, 0) is 4.79 Å². The Hall–Kier alpha value is -3.02. The summed E-state index contributed by atoms with van der Waals surface area (Å²) in [6, 6.07) is 11.5. The van der Waals surface area contributed by atoms with Crippen LogP contribution in [0.15, 0.2) is 42.5 Å². The van der Waals surface area contributed by atoms with Crippen LogP contribution >= 0.6 is 0 Å². The minimum Gasteiger partial charge on any atom is -0.480 e. The lowest BCUT2D eigenvalue weighted by molar-refractivity contribution is -0.138. The molecule has 1 atom stereocenters. The van der Waals surface area contributed by atoms with Gasteiger partial charge in [0.15, 0.2) is 0 Å². The van der Waals surface area contributed by atoms with Crippen molar-refractivity contribution in [3.05, 3.63) is 48.0 Å². The lowest BCUT2D eigenvalue weighted by Gasteiger charge is -2.10. The molecule has 110 valence electrons. The predicted molar refractivity (Wildman–Crippen MR) is 81.6 cm³/mol. The molecule has 0 aliphatic carbocycles. The van der Waals surface area contributed by atoms with Crippen molar-refractivity contribution in [3.63, 3.8) is 0 Å². The zero-order valence-electron chi connectivity index (χ0n) is 11.8. The first-order valence-electron chi connectivity index (χ1n) is 6.75. The maximum Gasteiger partial charge on any atom is 0.325 e. The normalized spacial score (nSPS) is 12.2. The van der Waals surface area contributed by atoms with Gasteiger partial charge in [-0.3, -0.25) is 9.59 Å². The molecule has 2 N–H and O–H groups in total. The molecule has 3 rings (SSSR count). The van der Waals surface area contributed by atoms with E-state index in [1.165, 1.54) is 6.92 Å². The molecule has 2 aromatic carbocycles. The molecule has 0 aliphatic heterocycles. The molecule has 0 bridgehead atoms. The van der Waals surface area contributed by atoms with E-state index in [4.69, 9.17) is 5.11 Å². The Labute approximate surface area is 125 Å². The zero-order valence-corrected chi connectivity index (χ0v) is 11.8. The molecular weight excluding hydrogens is 282 g/mol. The van der Waals surface area contributed by atoms with E-state index in [2.05, 4.69) is 15.3 Å². The molecule has 3 aromatic rings. The average molecular weight is 295 g/mol. The van der Waals surface area contributed by atoms with Gasteiger partial charge in [0.1, 0.15) is 11.6 Å². The van der Waals surface area contributed by atoms with E-state index in [0.717, 1.165) is 5.52 Å². The fraction of sp³-hybridized carbons (Fsp3) is 0.125. The molecular formula is C16H13N3O3. The summed E-state index contributed by atoms with van der Waals surface area (Å²) in [5.74, 6) is -1.57. The van der Waals surface area contributed by atoms with Crippen molar-refractivity contribution in [1.29, 1.82) is 0 Å². The van der Waals surface area contributed by atoms with E-state index in [0.29, 0.717) is 22.1 Å². The fourth-order valence-corrected chi connectivity index (χ4v) is 2.16. The van der Waals surface area contributed by atoms with E-state index in [1.54, 1.807) is 18.2 Å². The van der Waals surface area contributed by atoms with Crippen LogP contribution in [0.25, 0.3) is 22.1 Å². The summed E-state index contributed by atoms with van der Waals surface area (Å²) in [5.41, 5.74) is 2.78. The summed E-state index contributed by atoms with van der Waals surface area (Å²) in [6.07, 6.45) is 0. The van der Waals surface area contributed by atoms with Gasteiger partial charge in [-0.1, -0.05) is 18.2 Å². The molecule has 0 radical (unpaired) electrons. The van der Waals surface area contributed by atoms with E-state index in [-0.39, 0.29) is 0 Å². The second-order valence-electron chi connectivity index (χ2n) is 4.92. The van der Waals surface area contributed by atoms with Gasteiger partial charge in [0.05, 0.1) is 22.1 Å². The third-order valence-electron chi connectivity index (χ3n) is 3.33. The molecule has 0 saturated carbocycles. The third kappa shape index (κ3) is 2.46. The average Bonchev–Trinajstić information content (AvgIpc) is 2.52. The Balaban J connectivity index is 2.11. The highest BCUT2D eigenvalue weighted by Crippen LogP contribution is 2.19. The molecule has 1 aromatic heterocycles. The van der Waals surface area contributed by atoms with E-state index in [1.807, 2.05) is 24.3 Å². The van der Waals surface area contributed by atoms with Crippen LogP contribution in [0.2, 0.25) is 0 Å². The van der Waals surface area contributed by atoms with Crippen LogP contribution in [0.1, 0.15) is 17.3 Å². The number of fused-ring (bicyclic) bond motifs is 2. The van der Waals surface area contributed by atoms with E-state index < -0.39 is 17.9 Å². The Morgan fingerprint density at radius 1 is 1.00 bits per heavy atom. The van der Waals surface area contributed by atoms with E-state index in [9.17, 15) is 9.59 Å². The molecule has 0 fully saturated rings. The maximum absolute atomic E-state index is 12.3. The molecule has 0 spiro atoms. The number of aliphatic carboxylic acids is 1. The predicted octanol–water partition coefficient (Wildman–Crippen LogP) is 1.99. The summed E-state index contributed by atoms with van der Waals surface area (Å²) in [6.45, 7) is 1.41. The Morgan fingerprint density at radius 2 is 1.64 bits per heavy atom. The van der Waals surface area contributed by atoms with Gasteiger partial charge in [0.25, 0.3) is 5.91 Å². The minimum atomic E-state index is -1.09. The van der Waals surface area contributed by atoms with Crippen molar-refractivity contribution in [2.75, 3.05) is 0 Å². The van der Waals surface area contributed by atoms with Crippen LogP contribution in [0.4, 0.5) is 0 Å². The van der Waals surface area contributed by atoms with Gasteiger partial charge in [-0.05, 0) is 31.2 Å². The molecule has 6 nitrogen and oxygen atoms in total. The van der Waals surface area contributed by atoms with Gasteiger partial charge >= 0.3 is 5.97 Å². The van der Waals surface area contributed by atoms with Crippen LogP contribution in [0.3, 0.4) is 0 Å². The molecule has 6 heteroatoms. The number of carbonyl (C=O) groups excluding carboxylic acids is 1. The van der Waals surface area contributed by atoms with Crippen LogP contribution in [0, 0.1) is 0 Å². The van der Waals surface area contributed by atoms with Gasteiger partial charge < -0.3 is 10.4 Å². The number of carboxylic acids is 1. The first-order valence-corrected chi connectivity index (χ1v) is 6.75. The Bertz CT molecular complexity index is 892. The van der Waals surface area contributed by atoms with Gasteiger partial charge in [-0.15, -0.1) is 0 Å². The number of nitrogens with one attached hydrogen (secondary N) is 1. The van der Waals surface area contributed by atoms with Crippen molar-refractivity contribution in [1.82, 2.24) is 15.3 Å². The second kappa shape index (κ2) is 5.40. The number of hydrogen-bond donors (Lipinski definition) is 2. The SMILES string of the molecule is CC(NC(=O)c1cccc2nc3ccccc3nc12)C(=O)O. The van der Waals surface area contributed by atoms with Gasteiger partial charge in [-0.25, -0.2) is 9.97 Å². The fourth-order valence-electron chi connectivity index (χ4n) is 2.16. The summed E-state index contributed by atoms with van der Waals surface area (Å²) >= 11 is 0. The maximum atomic E-state index is 12.3. The minimum absolute atomic E-state index is 0.309. The first-order chi connectivity index (χ1) is 10.6. The van der Waals surface area contributed by atoms with Crippen LogP contribution < -0.4 is 5.32 Å². The summed E-state index contributed by atoms with van der Waals surface area (Å²) < 4.78 is 0. The third-order valence-corrected chi connectivity index (χ3v) is 3.33. The molecule has 22 heavy (non-hydrogen) atoms. The highest BCUT2D eigenvalue weighted by molar-refractivity contribution is 6.06. The van der Waals surface area contributed by atoms with Crippen LogP contribution in [0.5, 0.6) is 0 Å². The standard InChI is InChI=1S/C16H13N3O3/c1-9(16(21)22)17-15(20)10-5-4-8-13-14(10)19-12-7-3-2-6-11(12)18-13/h2-9H,1H3,(H,17,20)(H,21,22). The quantitative estimate of drug-likeness (QED) is 0.721. The van der Waals surface area contributed by atoms with Gasteiger partial charge in [0, 0.05) is 0 Å². The van der Waals surface area contributed by atoms with Crippen molar-refractivity contribution in [2.24, 2.45) is 0 Å². The van der Waals surface area contributed by atoms with Crippen molar-refractivity contribution >= 4 is 33.9 Å². The molecule has 0 aliphatic rings. The lowest BCUT2D eigenvalue weighted by Crippen LogP contribution is -2.38. The summed E-state index contributed by atoms with van der Waals surface area (Å²) in [5, 5.41) is 11.3. The van der Waals surface area contributed by atoms with Crippen LogP contribution in [-0.4, -0.2) is 33.0 Å². The van der Waals surface area contributed by atoms with Gasteiger partial charge in [0.2, 0.25) is 0 Å². The number of nitrogens with zero attached hydrogens (tertiary/aromatic N) is 2. The van der Waals surface area contributed by atoms with Crippen molar-refractivity contribution in [2.45, 2.75) is 13.0 Å². The molecule has 0 saturated heterocycles.